The Morgan fingerprint density at radius 3 is 2.33 bits per heavy atom. The number of hydrogen-bond donors (Lipinski definition) is 0. The number of para-hydroxylation sites is 1. The number of esters is 2. The largest absolute Gasteiger partial charge is 0.465 e. The van der Waals surface area contributed by atoms with Gasteiger partial charge in [-0.25, -0.2) is 9.69 Å². The summed E-state index contributed by atoms with van der Waals surface area (Å²) in [5.74, 6) is -4.30. The van der Waals surface area contributed by atoms with E-state index in [-0.39, 0.29) is 22.6 Å². The fraction of sp³-hybridized carbons (Fsp3) is 0.231. The van der Waals surface area contributed by atoms with E-state index in [0.717, 1.165) is 4.90 Å². The van der Waals surface area contributed by atoms with Crippen LogP contribution in [0, 0.1) is 11.8 Å². The van der Waals surface area contributed by atoms with Crippen LogP contribution < -0.4 is 9.64 Å². The van der Waals surface area contributed by atoms with Crippen molar-refractivity contribution in [1.82, 2.24) is 5.01 Å². The van der Waals surface area contributed by atoms with Crippen LogP contribution in [0.2, 0.25) is 0 Å². The summed E-state index contributed by atoms with van der Waals surface area (Å²) in [6, 6.07) is 10.5. The maximum Gasteiger partial charge on any atom is 0.339 e. The molecular weight excluding hydrogens is 466 g/mol. The number of benzene rings is 2. The molecule has 3 heterocycles. The lowest BCUT2D eigenvalue weighted by atomic mass is 9.86. The molecular formula is C26H21N3O7. The molecule has 10 nitrogen and oxygen atoms in total. The fourth-order valence-electron chi connectivity index (χ4n) is 5.05. The molecule has 182 valence electrons. The van der Waals surface area contributed by atoms with Crippen molar-refractivity contribution < 1.29 is 33.4 Å². The van der Waals surface area contributed by atoms with Gasteiger partial charge in [-0.1, -0.05) is 18.2 Å². The van der Waals surface area contributed by atoms with Gasteiger partial charge in [0.25, 0.3) is 0 Å². The second-order valence-electron chi connectivity index (χ2n) is 8.52. The Hall–Kier alpha value is -4.60. The molecule has 0 aromatic heterocycles. The van der Waals surface area contributed by atoms with Crippen molar-refractivity contribution in [3.63, 3.8) is 0 Å². The summed E-state index contributed by atoms with van der Waals surface area (Å²) in [6.07, 6.45) is 4.91. The number of carbonyl (C=O) groups is 5. The Labute approximate surface area is 205 Å². The summed E-state index contributed by atoms with van der Waals surface area (Å²) >= 11 is 0. The van der Waals surface area contributed by atoms with Crippen molar-refractivity contribution in [2.45, 2.75) is 19.0 Å². The van der Waals surface area contributed by atoms with Crippen molar-refractivity contribution in [2.24, 2.45) is 16.9 Å². The number of ether oxygens (including phenoxy) is 2. The number of allylic oxidation sites excluding steroid dienone is 1. The molecule has 36 heavy (non-hydrogen) atoms. The molecule has 0 unspecified atom stereocenters. The first kappa shape index (κ1) is 23.2. The molecule has 2 aromatic carbocycles. The average Bonchev–Trinajstić information content (AvgIpc) is 3.35. The molecule has 0 spiro atoms. The molecule has 2 aromatic rings. The Kier molecular flexibility index (Phi) is 5.71. The number of anilines is 1. The number of hydrazone groups is 1. The van der Waals surface area contributed by atoms with E-state index in [1.807, 2.05) is 0 Å². The lowest BCUT2D eigenvalue weighted by molar-refractivity contribution is -0.132. The highest BCUT2D eigenvalue weighted by Crippen LogP contribution is 2.46. The lowest BCUT2D eigenvalue weighted by Crippen LogP contribution is -2.46. The van der Waals surface area contributed by atoms with E-state index in [9.17, 15) is 24.0 Å². The summed E-state index contributed by atoms with van der Waals surface area (Å²) in [5, 5.41) is 5.82. The van der Waals surface area contributed by atoms with Gasteiger partial charge < -0.3 is 9.47 Å². The summed E-state index contributed by atoms with van der Waals surface area (Å²) < 4.78 is 9.85. The zero-order valence-corrected chi connectivity index (χ0v) is 19.4. The zero-order chi connectivity index (χ0) is 25.6. The molecule has 0 aliphatic carbocycles. The van der Waals surface area contributed by atoms with E-state index < -0.39 is 53.5 Å². The second kappa shape index (κ2) is 8.88. The van der Waals surface area contributed by atoms with Crippen LogP contribution in [0.4, 0.5) is 5.69 Å². The van der Waals surface area contributed by atoms with Crippen LogP contribution in [0.1, 0.15) is 27.6 Å². The third-order valence-corrected chi connectivity index (χ3v) is 6.51. The van der Waals surface area contributed by atoms with Crippen LogP contribution in [-0.2, 0) is 19.1 Å². The van der Waals surface area contributed by atoms with E-state index in [4.69, 9.17) is 9.47 Å². The number of imide groups is 1. The number of fused-ring (bicyclic) bond motifs is 3. The Balaban J connectivity index is 1.54. The molecule has 3 aliphatic rings. The topological polar surface area (TPSA) is 123 Å². The molecule has 0 bridgehead atoms. The van der Waals surface area contributed by atoms with Gasteiger partial charge in [0.2, 0.25) is 11.8 Å². The molecule has 4 atom stereocenters. The SMILES string of the molecule is COC(=O)c1ccccc1N1C(=O)[C@H]2[C@H](C1=O)[C@@H](C(=O)c1ccc(OC(C)=O)cc1)N1N=CC=C[C@H]21. The summed E-state index contributed by atoms with van der Waals surface area (Å²) in [4.78, 5) is 65.6. The minimum atomic E-state index is -1.05. The number of carbonyl (C=O) groups excluding carboxylic acids is 5. The normalized spacial score (nSPS) is 23.9. The van der Waals surface area contributed by atoms with Crippen molar-refractivity contribution in [2.75, 3.05) is 12.0 Å². The Morgan fingerprint density at radius 2 is 1.64 bits per heavy atom. The number of hydrogen-bond acceptors (Lipinski definition) is 9. The molecule has 0 saturated carbocycles. The minimum Gasteiger partial charge on any atom is -0.465 e. The number of amides is 2. The van der Waals surface area contributed by atoms with Crippen molar-refractivity contribution in [1.29, 1.82) is 0 Å². The number of Topliss-reactive ketones (excluding diaryl/α,β-unsaturated/α-hetero) is 1. The van der Waals surface area contributed by atoms with Crippen molar-refractivity contribution >= 4 is 41.4 Å². The van der Waals surface area contributed by atoms with Gasteiger partial charge in [-0.15, -0.1) is 0 Å². The molecule has 2 amide bonds. The van der Waals surface area contributed by atoms with Gasteiger partial charge in [-0.3, -0.25) is 24.2 Å². The smallest absolute Gasteiger partial charge is 0.339 e. The number of rotatable bonds is 5. The minimum absolute atomic E-state index is 0.0691. The average molecular weight is 487 g/mol. The van der Waals surface area contributed by atoms with E-state index in [1.54, 1.807) is 24.3 Å². The third kappa shape index (κ3) is 3.58. The number of nitrogens with zero attached hydrogens (tertiary/aromatic N) is 3. The zero-order valence-electron chi connectivity index (χ0n) is 19.4. The number of methoxy groups -OCH3 is 1. The highest BCUT2D eigenvalue weighted by atomic mass is 16.5. The Bertz CT molecular complexity index is 1350. The molecule has 10 heteroatoms. The van der Waals surface area contributed by atoms with Crippen molar-refractivity contribution in [3.05, 3.63) is 71.8 Å². The molecule has 0 N–H and O–H groups in total. The fourth-order valence-corrected chi connectivity index (χ4v) is 5.05. The number of ketones is 1. The first-order valence-corrected chi connectivity index (χ1v) is 11.2. The van der Waals surface area contributed by atoms with E-state index >= 15 is 0 Å². The predicted octanol–water partition coefficient (Wildman–Crippen LogP) is 2.00. The Morgan fingerprint density at radius 1 is 0.944 bits per heavy atom. The van der Waals surface area contributed by atoms with Gasteiger partial charge in [0.15, 0.2) is 5.78 Å². The molecule has 2 fully saturated rings. The summed E-state index contributed by atoms with van der Waals surface area (Å²) in [6.45, 7) is 1.27. The molecule has 2 saturated heterocycles. The van der Waals surface area contributed by atoms with Crippen LogP contribution in [0.25, 0.3) is 0 Å². The standard InChI is InChI=1S/C26H21N3O7/c1-14(30)36-16-11-9-15(10-12-16)23(31)22-21-20(19-8-5-13-27-29(19)22)24(32)28(25(21)33)18-7-4-3-6-17(18)26(34)35-2/h3-13,19-22H,1-2H3/t19-,20-,21+,22+/m1/s1. The predicted molar refractivity (Wildman–Crippen MR) is 126 cm³/mol. The highest BCUT2D eigenvalue weighted by molar-refractivity contribution is 6.26. The van der Waals surface area contributed by atoms with Crippen LogP contribution in [0.15, 0.2) is 65.8 Å². The van der Waals surface area contributed by atoms with E-state index in [0.29, 0.717) is 0 Å². The summed E-state index contributed by atoms with van der Waals surface area (Å²) in [7, 11) is 1.21. The monoisotopic (exact) mass is 487 g/mol. The van der Waals surface area contributed by atoms with E-state index in [2.05, 4.69) is 5.10 Å². The maximum absolute atomic E-state index is 13.8. The van der Waals surface area contributed by atoms with Gasteiger partial charge >= 0.3 is 11.9 Å². The first-order valence-electron chi connectivity index (χ1n) is 11.2. The lowest BCUT2D eigenvalue weighted by Gasteiger charge is -2.30. The van der Waals surface area contributed by atoms with E-state index in [1.165, 1.54) is 61.7 Å². The van der Waals surface area contributed by atoms with Crippen LogP contribution in [0.5, 0.6) is 5.75 Å². The first-order chi connectivity index (χ1) is 17.3. The quantitative estimate of drug-likeness (QED) is 0.272. The van der Waals surface area contributed by atoms with Gasteiger partial charge in [0, 0.05) is 18.7 Å². The molecule has 5 rings (SSSR count). The van der Waals surface area contributed by atoms with Gasteiger partial charge in [0.1, 0.15) is 11.8 Å². The van der Waals surface area contributed by atoms with Gasteiger partial charge in [0.05, 0.1) is 36.2 Å². The van der Waals surface area contributed by atoms with Crippen LogP contribution in [-0.4, -0.2) is 60.0 Å². The third-order valence-electron chi connectivity index (χ3n) is 6.51. The van der Waals surface area contributed by atoms with Gasteiger partial charge in [-0.05, 0) is 42.5 Å². The summed E-state index contributed by atoms with van der Waals surface area (Å²) in [5.41, 5.74) is 0.453. The van der Waals surface area contributed by atoms with Crippen LogP contribution >= 0.6 is 0 Å². The van der Waals surface area contributed by atoms with Gasteiger partial charge in [-0.2, -0.15) is 5.10 Å². The second-order valence-corrected chi connectivity index (χ2v) is 8.52. The molecule has 3 aliphatic heterocycles. The highest BCUT2D eigenvalue weighted by Gasteiger charge is 2.64. The molecule has 0 radical (unpaired) electrons. The maximum atomic E-state index is 13.8. The van der Waals surface area contributed by atoms with Crippen LogP contribution in [0.3, 0.4) is 0 Å². The van der Waals surface area contributed by atoms with Crippen molar-refractivity contribution in [3.8, 4) is 5.75 Å².